The average molecular weight is 353 g/mol. The van der Waals surface area contributed by atoms with Gasteiger partial charge in [0.25, 0.3) is 0 Å². The maximum atomic E-state index is 14.1. The molecule has 0 atom stereocenters. The highest BCUT2D eigenvalue weighted by atomic mass is 19.1. The largest absolute Gasteiger partial charge is 0.508 e. The van der Waals surface area contributed by atoms with E-state index in [-0.39, 0.29) is 11.6 Å². The fourth-order valence-electron chi connectivity index (χ4n) is 3.02. The molecule has 3 aromatic carbocycles. The lowest BCUT2D eigenvalue weighted by molar-refractivity contribution is 0.469. The number of hydrogen-bond acceptors (Lipinski definition) is 2. The number of hydrogen-bond donors (Lipinski definition) is 2. The number of anilines is 1. The SMILES string of the molecule is Cc1cc(-c2cccc(F)c2)cc(CNc2c(F)ccc(O)c2C)c1C. The number of nitrogens with one attached hydrogen (secondary N) is 1. The normalized spacial score (nSPS) is 10.8. The Morgan fingerprint density at radius 2 is 1.65 bits per heavy atom. The molecule has 3 rings (SSSR count). The Morgan fingerprint density at radius 1 is 0.885 bits per heavy atom. The fourth-order valence-corrected chi connectivity index (χ4v) is 3.02. The van der Waals surface area contributed by atoms with Crippen molar-refractivity contribution in [2.24, 2.45) is 0 Å². The maximum absolute atomic E-state index is 14.1. The second-order valence-electron chi connectivity index (χ2n) is 6.51. The summed E-state index contributed by atoms with van der Waals surface area (Å²) < 4.78 is 27.6. The van der Waals surface area contributed by atoms with Gasteiger partial charge in [-0.25, -0.2) is 8.78 Å². The number of phenols is 1. The van der Waals surface area contributed by atoms with Crippen LogP contribution >= 0.6 is 0 Å². The van der Waals surface area contributed by atoms with Crippen LogP contribution in [0, 0.1) is 32.4 Å². The molecule has 0 saturated heterocycles. The van der Waals surface area contributed by atoms with Crippen molar-refractivity contribution in [3.8, 4) is 16.9 Å². The minimum absolute atomic E-state index is 0.0512. The topological polar surface area (TPSA) is 32.3 Å². The van der Waals surface area contributed by atoms with Gasteiger partial charge in [0.1, 0.15) is 17.4 Å². The van der Waals surface area contributed by atoms with Crippen LogP contribution in [0.15, 0.2) is 48.5 Å². The Balaban J connectivity index is 1.95. The van der Waals surface area contributed by atoms with Crippen LogP contribution in [-0.4, -0.2) is 5.11 Å². The highest BCUT2D eigenvalue weighted by Gasteiger charge is 2.11. The number of aromatic hydroxyl groups is 1. The molecule has 0 spiro atoms. The summed E-state index contributed by atoms with van der Waals surface area (Å²) in [5.74, 6) is -0.635. The number of rotatable bonds is 4. The van der Waals surface area contributed by atoms with Gasteiger partial charge in [-0.2, -0.15) is 0 Å². The van der Waals surface area contributed by atoms with Crippen molar-refractivity contribution in [1.29, 1.82) is 0 Å². The van der Waals surface area contributed by atoms with E-state index in [1.807, 2.05) is 32.0 Å². The molecule has 0 aliphatic rings. The highest BCUT2D eigenvalue weighted by molar-refractivity contribution is 5.67. The number of benzene rings is 3. The molecular formula is C22H21F2NO. The third kappa shape index (κ3) is 3.54. The monoisotopic (exact) mass is 353 g/mol. The Labute approximate surface area is 152 Å². The molecule has 0 aliphatic carbocycles. The van der Waals surface area contributed by atoms with Gasteiger partial charge in [0, 0.05) is 12.1 Å². The van der Waals surface area contributed by atoms with Crippen molar-refractivity contribution >= 4 is 5.69 Å². The molecule has 4 heteroatoms. The van der Waals surface area contributed by atoms with E-state index in [9.17, 15) is 13.9 Å². The maximum Gasteiger partial charge on any atom is 0.146 e. The van der Waals surface area contributed by atoms with E-state index in [2.05, 4.69) is 5.32 Å². The lowest BCUT2D eigenvalue weighted by Crippen LogP contribution is -2.06. The molecule has 0 aromatic heterocycles. The van der Waals surface area contributed by atoms with Gasteiger partial charge in [0.2, 0.25) is 0 Å². The molecule has 0 aliphatic heterocycles. The average Bonchev–Trinajstić information content (AvgIpc) is 2.61. The Kier molecular flexibility index (Phi) is 4.94. The third-order valence-corrected chi connectivity index (χ3v) is 4.77. The van der Waals surface area contributed by atoms with E-state index < -0.39 is 5.82 Å². The van der Waals surface area contributed by atoms with Crippen molar-refractivity contribution in [1.82, 2.24) is 0 Å². The molecule has 26 heavy (non-hydrogen) atoms. The summed E-state index contributed by atoms with van der Waals surface area (Å²) >= 11 is 0. The van der Waals surface area contributed by atoms with Crippen molar-refractivity contribution < 1.29 is 13.9 Å². The first-order valence-corrected chi connectivity index (χ1v) is 8.45. The van der Waals surface area contributed by atoms with Crippen LogP contribution in [0.1, 0.15) is 22.3 Å². The summed E-state index contributed by atoms with van der Waals surface area (Å²) in [7, 11) is 0. The van der Waals surface area contributed by atoms with Crippen LogP contribution in [0.5, 0.6) is 5.75 Å². The first-order chi connectivity index (χ1) is 12.4. The summed E-state index contributed by atoms with van der Waals surface area (Å²) in [5.41, 5.74) is 5.64. The lowest BCUT2D eigenvalue weighted by Gasteiger charge is -2.16. The summed E-state index contributed by atoms with van der Waals surface area (Å²) in [5, 5.41) is 12.9. The molecule has 0 heterocycles. The van der Waals surface area contributed by atoms with Crippen LogP contribution in [0.2, 0.25) is 0 Å². The van der Waals surface area contributed by atoms with E-state index in [4.69, 9.17) is 0 Å². The molecular weight excluding hydrogens is 332 g/mol. The second-order valence-corrected chi connectivity index (χ2v) is 6.51. The summed E-state index contributed by atoms with van der Waals surface area (Å²) in [6.45, 7) is 6.08. The molecule has 2 N–H and O–H groups in total. The van der Waals surface area contributed by atoms with Gasteiger partial charge in [-0.1, -0.05) is 18.2 Å². The van der Waals surface area contributed by atoms with Gasteiger partial charge >= 0.3 is 0 Å². The smallest absolute Gasteiger partial charge is 0.146 e. The summed E-state index contributed by atoms with van der Waals surface area (Å²) in [4.78, 5) is 0. The van der Waals surface area contributed by atoms with Gasteiger partial charge < -0.3 is 10.4 Å². The van der Waals surface area contributed by atoms with Gasteiger partial charge in [-0.15, -0.1) is 0 Å². The van der Waals surface area contributed by atoms with Crippen LogP contribution in [0.25, 0.3) is 11.1 Å². The zero-order valence-electron chi connectivity index (χ0n) is 15.0. The minimum Gasteiger partial charge on any atom is -0.508 e. The molecule has 0 unspecified atom stereocenters. The fraction of sp³-hybridized carbons (Fsp3) is 0.182. The predicted octanol–water partition coefficient (Wildman–Crippen LogP) is 5.87. The molecule has 0 fully saturated rings. The van der Waals surface area contributed by atoms with Crippen molar-refractivity contribution in [2.75, 3.05) is 5.32 Å². The zero-order valence-corrected chi connectivity index (χ0v) is 15.0. The standard InChI is InChI=1S/C22H21F2NO/c1-13-9-17(16-5-4-6-19(23)11-16)10-18(14(13)2)12-25-22-15(3)21(26)8-7-20(22)24/h4-11,25-26H,12H2,1-3H3. The minimum atomic E-state index is -0.407. The highest BCUT2D eigenvalue weighted by Crippen LogP contribution is 2.30. The van der Waals surface area contributed by atoms with Crippen LogP contribution < -0.4 is 5.32 Å². The molecule has 0 radical (unpaired) electrons. The van der Waals surface area contributed by atoms with Crippen molar-refractivity contribution in [3.05, 3.63) is 82.4 Å². The molecule has 3 aromatic rings. The van der Waals surface area contributed by atoms with Gasteiger partial charge in [-0.3, -0.25) is 0 Å². The molecule has 134 valence electrons. The van der Waals surface area contributed by atoms with Gasteiger partial charge in [0.15, 0.2) is 0 Å². The third-order valence-electron chi connectivity index (χ3n) is 4.77. The molecule has 0 amide bonds. The van der Waals surface area contributed by atoms with Gasteiger partial charge in [0.05, 0.1) is 5.69 Å². The number of aryl methyl sites for hydroxylation is 1. The molecule has 0 saturated carbocycles. The summed E-state index contributed by atoms with van der Waals surface area (Å²) in [6.07, 6.45) is 0. The molecule has 0 bridgehead atoms. The van der Waals surface area contributed by atoms with E-state index >= 15 is 0 Å². The Bertz CT molecular complexity index is 967. The summed E-state index contributed by atoms with van der Waals surface area (Å²) in [6, 6.07) is 13.1. The van der Waals surface area contributed by atoms with Crippen molar-refractivity contribution in [3.63, 3.8) is 0 Å². The molecule has 2 nitrogen and oxygen atoms in total. The van der Waals surface area contributed by atoms with E-state index in [1.165, 1.54) is 24.3 Å². The quantitative estimate of drug-likeness (QED) is 0.614. The van der Waals surface area contributed by atoms with Crippen LogP contribution in [-0.2, 0) is 6.54 Å². The van der Waals surface area contributed by atoms with E-state index in [0.29, 0.717) is 17.8 Å². The zero-order chi connectivity index (χ0) is 18.8. The number of phenolic OH excluding ortho intramolecular Hbond substituents is 1. The Hall–Kier alpha value is -2.88. The first-order valence-electron chi connectivity index (χ1n) is 8.45. The second kappa shape index (κ2) is 7.16. The van der Waals surface area contributed by atoms with Crippen molar-refractivity contribution in [2.45, 2.75) is 27.3 Å². The van der Waals surface area contributed by atoms with Crippen LogP contribution in [0.4, 0.5) is 14.5 Å². The van der Waals surface area contributed by atoms with Crippen LogP contribution in [0.3, 0.4) is 0 Å². The lowest BCUT2D eigenvalue weighted by atomic mass is 9.95. The van der Waals surface area contributed by atoms with E-state index in [1.54, 1.807) is 13.0 Å². The van der Waals surface area contributed by atoms with Gasteiger partial charge in [-0.05, 0) is 78.9 Å². The predicted molar refractivity (Wildman–Crippen MR) is 101 cm³/mol. The van der Waals surface area contributed by atoms with E-state index in [0.717, 1.165) is 27.8 Å². The first kappa shape index (κ1) is 17.9. The number of halogens is 2. The Morgan fingerprint density at radius 3 is 2.38 bits per heavy atom.